The van der Waals surface area contributed by atoms with E-state index in [2.05, 4.69) is 54.6 Å². The summed E-state index contributed by atoms with van der Waals surface area (Å²) in [6.07, 6.45) is 8.46. The second-order valence-corrected chi connectivity index (χ2v) is 13.5. The normalized spacial score (nSPS) is 16.4. The molecule has 0 radical (unpaired) electrons. The molecule has 3 aromatic rings. The summed E-state index contributed by atoms with van der Waals surface area (Å²) in [4.78, 5) is 11.5. The lowest BCUT2D eigenvalue weighted by Crippen LogP contribution is -2.39. The number of methoxy groups -OCH3 is 2. The third-order valence-electron chi connectivity index (χ3n) is 8.48. The molecule has 2 aliphatic rings. The Hall–Kier alpha value is -3.48. The van der Waals surface area contributed by atoms with Crippen LogP contribution >= 0.6 is 11.6 Å². The van der Waals surface area contributed by atoms with E-state index in [1.165, 1.54) is 50.2 Å². The number of nitrogens with one attached hydrogen (secondary N) is 4. The zero-order valence-electron chi connectivity index (χ0n) is 25.7. The van der Waals surface area contributed by atoms with Gasteiger partial charge < -0.3 is 30.3 Å². The molecule has 13 heteroatoms. The number of hydrogen-bond donors (Lipinski definition) is 4. The van der Waals surface area contributed by atoms with Gasteiger partial charge in [-0.05, 0) is 80.8 Å². The lowest BCUT2D eigenvalue weighted by atomic mass is 9.79. The third-order valence-corrected chi connectivity index (χ3v) is 9.35. The van der Waals surface area contributed by atoms with Crippen LogP contribution in [0.15, 0.2) is 36.5 Å². The minimum Gasteiger partial charge on any atom is -0.497 e. The van der Waals surface area contributed by atoms with Gasteiger partial charge in [0.1, 0.15) is 16.5 Å². The Bertz CT molecular complexity index is 1560. The largest absolute Gasteiger partial charge is 0.497 e. The smallest absolute Gasteiger partial charge is 0.229 e. The molecule has 2 aromatic carbocycles. The molecule has 0 bridgehead atoms. The minimum atomic E-state index is -3.55. The molecule has 2 aliphatic heterocycles. The molecule has 5 rings (SSSR count). The Morgan fingerprint density at radius 3 is 2.36 bits per heavy atom. The molecule has 0 atom stereocenters. The van der Waals surface area contributed by atoms with Crippen LogP contribution in [0.4, 0.5) is 34.5 Å². The minimum absolute atomic E-state index is 0.265. The average Bonchev–Trinajstić information content (AvgIpc) is 3.03. The van der Waals surface area contributed by atoms with E-state index in [4.69, 9.17) is 21.1 Å². The highest BCUT2D eigenvalue weighted by Gasteiger charge is 2.28. The second-order valence-electron chi connectivity index (χ2n) is 11.4. The number of nitrogens with zero attached hydrogens (tertiary/aromatic N) is 3. The van der Waals surface area contributed by atoms with Crippen molar-refractivity contribution in [2.24, 2.45) is 11.8 Å². The number of aromatic nitrogens is 2. The monoisotopic (exact) mass is 643 g/mol. The number of hydrogen-bond acceptors (Lipinski definition) is 10. The fourth-order valence-electron chi connectivity index (χ4n) is 6.19. The van der Waals surface area contributed by atoms with Crippen molar-refractivity contribution >= 4 is 56.1 Å². The van der Waals surface area contributed by atoms with Gasteiger partial charge in [-0.2, -0.15) is 4.98 Å². The van der Waals surface area contributed by atoms with Crippen LogP contribution in [0, 0.1) is 11.8 Å². The lowest BCUT2D eigenvalue weighted by Gasteiger charge is -2.39. The molecule has 0 amide bonds. The van der Waals surface area contributed by atoms with Crippen molar-refractivity contribution in [3.05, 3.63) is 47.1 Å². The van der Waals surface area contributed by atoms with Crippen molar-refractivity contribution in [3.8, 4) is 11.5 Å². The van der Waals surface area contributed by atoms with Crippen LogP contribution < -0.4 is 35.0 Å². The van der Waals surface area contributed by atoms with Crippen LogP contribution in [0.2, 0.25) is 5.02 Å². The highest BCUT2D eigenvalue weighted by Crippen LogP contribution is 2.39. The Morgan fingerprint density at radius 1 is 0.977 bits per heavy atom. The number of anilines is 6. The van der Waals surface area contributed by atoms with E-state index < -0.39 is 10.0 Å². The molecule has 0 aliphatic carbocycles. The Balaban J connectivity index is 1.35. The zero-order valence-corrected chi connectivity index (χ0v) is 27.3. The summed E-state index contributed by atoms with van der Waals surface area (Å²) < 4.78 is 37.6. The van der Waals surface area contributed by atoms with E-state index in [1.807, 2.05) is 0 Å². The predicted molar refractivity (Wildman–Crippen MR) is 178 cm³/mol. The average molecular weight is 644 g/mol. The molecule has 0 saturated carbocycles. The number of aryl methyl sites for hydroxylation is 1. The van der Waals surface area contributed by atoms with Gasteiger partial charge in [-0.3, -0.25) is 4.72 Å². The van der Waals surface area contributed by atoms with Gasteiger partial charge in [0.25, 0.3) is 0 Å². The third kappa shape index (κ3) is 7.77. The van der Waals surface area contributed by atoms with Crippen LogP contribution in [0.3, 0.4) is 0 Å². The van der Waals surface area contributed by atoms with E-state index in [9.17, 15) is 8.42 Å². The molecule has 2 saturated heterocycles. The molecule has 4 N–H and O–H groups in total. The van der Waals surface area contributed by atoms with E-state index in [1.54, 1.807) is 25.3 Å². The summed E-state index contributed by atoms with van der Waals surface area (Å²) in [5.74, 6) is 3.44. The Kier molecular flexibility index (Phi) is 10.2. The number of rotatable bonds is 11. The molecule has 0 spiro atoms. The molecule has 44 heavy (non-hydrogen) atoms. The summed E-state index contributed by atoms with van der Waals surface area (Å²) in [5.41, 5.74) is 3.91. The quantitative estimate of drug-likeness (QED) is 0.204. The van der Waals surface area contributed by atoms with Crippen molar-refractivity contribution in [1.82, 2.24) is 15.3 Å². The van der Waals surface area contributed by atoms with E-state index in [0.717, 1.165) is 56.4 Å². The maximum absolute atomic E-state index is 12.0. The Morgan fingerprint density at radius 2 is 1.70 bits per heavy atom. The molecule has 11 nitrogen and oxygen atoms in total. The highest BCUT2D eigenvalue weighted by atomic mass is 35.5. The van der Waals surface area contributed by atoms with Gasteiger partial charge >= 0.3 is 0 Å². The summed E-state index contributed by atoms with van der Waals surface area (Å²) in [5, 5.41) is 10.2. The van der Waals surface area contributed by atoms with Gasteiger partial charge in [0.2, 0.25) is 16.0 Å². The van der Waals surface area contributed by atoms with Crippen molar-refractivity contribution < 1.29 is 17.9 Å². The summed E-state index contributed by atoms with van der Waals surface area (Å²) in [7, 11) is -0.383. The van der Waals surface area contributed by atoms with Crippen molar-refractivity contribution in [2.75, 3.05) is 66.9 Å². The topological polar surface area (TPSA) is 130 Å². The van der Waals surface area contributed by atoms with Gasteiger partial charge in [-0.1, -0.05) is 18.5 Å². The number of sulfonamides is 1. The summed E-state index contributed by atoms with van der Waals surface area (Å²) in [6.45, 7) is 6.56. The SMILES string of the molecule is CCc1cc(Nc2ncc(Cl)c(Nc3ccc(OC)cc3NS(C)(=O)=O)n2)c(OC)cc1N1CCC(C2CCNCC2)CC1. The van der Waals surface area contributed by atoms with Crippen molar-refractivity contribution in [3.63, 3.8) is 0 Å². The number of ether oxygens (including phenoxy) is 2. The van der Waals surface area contributed by atoms with Crippen LogP contribution in [-0.4, -0.2) is 65.0 Å². The first-order chi connectivity index (χ1) is 21.2. The highest BCUT2D eigenvalue weighted by molar-refractivity contribution is 7.92. The van der Waals surface area contributed by atoms with Crippen molar-refractivity contribution in [2.45, 2.75) is 39.0 Å². The van der Waals surface area contributed by atoms with E-state index in [0.29, 0.717) is 34.6 Å². The van der Waals surface area contributed by atoms with E-state index in [-0.39, 0.29) is 5.02 Å². The molecule has 2 fully saturated rings. The molecule has 1 aromatic heterocycles. The molecule has 0 unspecified atom stereocenters. The van der Waals surface area contributed by atoms with Gasteiger partial charge in [-0.25, -0.2) is 13.4 Å². The number of benzene rings is 2. The van der Waals surface area contributed by atoms with Gasteiger partial charge in [0.05, 0.1) is 43.7 Å². The number of halogens is 1. The first-order valence-electron chi connectivity index (χ1n) is 15.1. The van der Waals surface area contributed by atoms with Crippen LogP contribution in [0.5, 0.6) is 11.5 Å². The summed E-state index contributed by atoms with van der Waals surface area (Å²) in [6, 6.07) is 9.19. The van der Waals surface area contributed by atoms with Crippen molar-refractivity contribution in [1.29, 1.82) is 0 Å². The first-order valence-corrected chi connectivity index (χ1v) is 17.3. The van der Waals surface area contributed by atoms with Gasteiger partial charge in [0, 0.05) is 30.9 Å². The predicted octanol–water partition coefficient (Wildman–Crippen LogP) is 5.78. The molecule has 238 valence electrons. The molecule has 3 heterocycles. The fraction of sp³-hybridized carbons (Fsp3) is 0.484. The number of piperidine rings is 2. The second kappa shape index (κ2) is 14.1. The molecular formula is C31H42ClN7O4S. The first kappa shape index (κ1) is 31.9. The fourth-order valence-corrected chi connectivity index (χ4v) is 6.90. The lowest BCUT2D eigenvalue weighted by molar-refractivity contribution is 0.222. The van der Waals surface area contributed by atoms with Crippen LogP contribution in [-0.2, 0) is 16.4 Å². The maximum Gasteiger partial charge on any atom is 0.229 e. The molecular weight excluding hydrogens is 602 g/mol. The maximum atomic E-state index is 12.0. The summed E-state index contributed by atoms with van der Waals surface area (Å²) >= 11 is 6.45. The Labute approximate surface area is 265 Å². The van der Waals surface area contributed by atoms with Gasteiger partial charge in [0.15, 0.2) is 5.82 Å². The van der Waals surface area contributed by atoms with Crippen LogP contribution in [0.25, 0.3) is 0 Å². The van der Waals surface area contributed by atoms with Crippen LogP contribution in [0.1, 0.15) is 38.2 Å². The van der Waals surface area contributed by atoms with Gasteiger partial charge in [-0.15, -0.1) is 0 Å². The standard InChI is InChI=1S/C31H42ClN7O4S/c1-5-20-16-27(29(43-3)18-28(20)39-14-10-22(11-15-39)21-8-12-33-13-9-21)36-31-34-19-24(32)30(37-31)35-25-7-6-23(42-2)17-26(25)38-44(4,40)41/h6-7,16-19,21-22,33,38H,5,8-15H2,1-4H3,(H2,34,35,36,37). The zero-order chi connectivity index (χ0) is 31.3. The van der Waals surface area contributed by atoms with E-state index >= 15 is 0 Å².